The number of aromatic nitrogens is 1. The number of rotatable bonds is 6. The number of aromatic hydroxyl groups is 1. The Morgan fingerprint density at radius 3 is 2.65 bits per heavy atom. The Bertz CT molecular complexity index is 920. The van der Waals surface area contributed by atoms with Crippen LogP contribution in [0, 0.1) is 0 Å². The lowest BCUT2D eigenvalue weighted by atomic mass is 10.0. The molecular weight excluding hydrogens is 336 g/mol. The first kappa shape index (κ1) is 17.3. The van der Waals surface area contributed by atoms with Gasteiger partial charge in [0.1, 0.15) is 18.4 Å². The van der Waals surface area contributed by atoms with Crippen LogP contribution in [-0.4, -0.2) is 33.3 Å². The van der Waals surface area contributed by atoms with Crippen molar-refractivity contribution in [1.29, 1.82) is 0 Å². The molecule has 7 heteroatoms. The zero-order chi connectivity index (χ0) is 18.5. The molecule has 0 saturated heterocycles. The Kier molecular flexibility index (Phi) is 5.07. The number of aromatic amines is 1. The van der Waals surface area contributed by atoms with Gasteiger partial charge >= 0.3 is 12.1 Å². The van der Waals surface area contributed by atoms with E-state index in [1.807, 2.05) is 18.2 Å². The van der Waals surface area contributed by atoms with Crippen molar-refractivity contribution < 1.29 is 24.5 Å². The van der Waals surface area contributed by atoms with Gasteiger partial charge in [0.25, 0.3) is 0 Å². The second kappa shape index (κ2) is 7.60. The minimum atomic E-state index is -1.17. The fourth-order valence-electron chi connectivity index (χ4n) is 2.66. The van der Waals surface area contributed by atoms with Gasteiger partial charge in [0, 0.05) is 23.5 Å². The van der Waals surface area contributed by atoms with Crippen LogP contribution >= 0.6 is 0 Å². The number of carbonyl (C=O) groups is 2. The standard InChI is InChI=1S/C19H18N2O5/c22-14-6-7-16-15(9-14)13(10-20-16)8-17(18(23)24)21-19(25)26-11-12-4-2-1-3-5-12/h1-7,9-10,17,20,22H,8,11H2,(H,21,25)(H,23,24)/t17-/m0/s1. The number of aliphatic carboxylic acids is 1. The highest BCUT2D eigenvalue weighted by Gasteiger charge is 2.22. The number of hydrogen-bond donors (Lipinski definition) is 4. The minimum Gasteiger partial charge on any atom is -0.508 e. The quantitative estimate of drug-likeness (QED) is 0.544. The number of hydrogen-bond acceptors (Lipinski definition) is 4. The predicted molar refractivity (Wildman–Crippen MR) is 94.9 cm³/mol. The summed E-state index contributed by atoms with van der Waals surface area (Å²) in [6.45, 7) is 0.0555. The van der Waals surface area contributed by atoms with Crippen LogP contribution in [0.1, 0.15) is 11.1 Å². The maximum Gasteiger partial charge on any atom is 0.408 e. The molecule has 0 radical (unpaired) electrons. The first-order valence-electron chi connectivity index (χ1n) is 8.02. The molecular formula is C19H18N2O5. The summed E-state index contributed by atoms with van der Waals surface area (Å²) in [5.74, 6) is -1.09. The molecule has 0 saturated carbocycles. The van der Waals surface area contributed by atoms with E-state index in [1.54, 1.807) is 30.5 Å². The second-order valence-electron chi connectivity index (χ2n) is 5.84. The van der Waals surface area contributed by atoms with Crippen LogP contribution in [0.3, 0.4) is 0 Å². The Morgan fingerprint density at radius 2 is 1.92 bits per heavy atom. The number of carbonyl (C=O) groups excluding carboxylic acids is 1. The van der Waals surface area contributed by atoms with Crippen molar-refractivity contribution in [2.75, 3.05) is 0 Å². The van der Waals surface area contributed by atoms with Crippen molar-refractivity contribution >= 4 is 23.0 Å². The number of phenolic OH excluding ortho intramolecular Hbond substituents is 1. The molecule has 0 aliphatic heterocycles. The average molecular weight is 354 g/mol. The molecule has 0 fully saturated rings. The van der Waals surface area contributed by atoms with Gasteiger partial charge in [-0.25, -0.2) is 9.59 Å². The lowest BCUT2D eigenvalue weighted by Crippen LogP contribution is -2.42. The summed E-state index contributed by atoms with van der Waals surface area (Å²) < 4.78 is 5.07. The molecule has 26 heavy (non-hydrogen) atoms. The SMILES string of the molecule is O=C(N[C@@H](Cc1c[nH]c2ccc(O)cc12)C(=O)O)OCc1ccccc1. The first-order valence-corrected chi connectivity index (χ1v) is 8.02. The maximum atomic E-state index is 11.9. The fourth-order valence-corrected chi connectivity index (χ4v) is 2.66. The van der Waals surface area contributed by atoms with Crippen molar-refractivity contribution in [3.63, 3.8) is 0 Å². The molecule has 0 aliphatic rings. The Hall–Kier alpha value is -3.48. The van der Waals surface area contributed by atoms with Gasteiger partial charge in [-0.2, -0.15) is 0 Å². The summed E-state index contributed by atoms with van der Waals surface area (Å²) in [5.41, 5.74) is 2.25. The van der Waals surface area contributed by atoms with E-state index in [4.69, 9.17) is 4.74 Å². The van der Waals surface area contributed by atoms with Gasteiger partial charge in [0.15, 0.2) is 0 Å². The average Bonchev–Trinajstić information content (AvgIpc) is 3.02. The van der Waals surface area contributed by atoms with Gasteiger partial charge in [-0.15, -0.1) is 0 Å². The predicted octanol–water partition coefficient (Wildman–Crippen LogP) is 2.80. The molecule has 3 aromatic rings. The number of nitrogens with one attached hydrogen (secondary N) is 2. The van der Waals surface area contributed by atoms with E-state index in [9.17, 15) is 19.8 Å². The summed E-state index contributed by atoms with van der Waals surface area (Å²) in [4.78, 5) is 26.5. The van der Waals surface area contributed by atoms with Gasteiger partial charge < -0.3 is 25.3 Å². The highest BCUT2D eigenvalue weighted by molar-refractivity contribution is 5.86. The number of ether oxygens (including phenoxy) is 1. The van der Waals surface area contributed by atoms with E-state index in [1.165, 1.54) is 6.07 Å². The fraction of sp³-hybridized carbons (Fsp3) is 0.158. The topological polar surface area (TPSA) is 112 Å². The normalized spacial score (nSPS) is 11.8. The molecule has 0 bridgehead atoms. The van der Waals surface area contributed by atoms with E-state index in [-0.39, 0.29) is 18.8 Å². The lowest BCUT2D eigenvalue weighted by Gasteiger charge is -2.14. The molecule has 1 atom stereocenters. The Labute approximate surface area is 149 Å². The molecule has 0 aliphatic carbocycles. The summed E-state index contributed by atoms with van der Waals surface area (Å²) >= 11 is 0. The second-order valence-corrected chi connectivity index (χ2v) is 5.84. The molecule has 1 heterocycles. The van der Waals surface area contributed by atoms with Gasteiger partial charge in [-0.1, -0.05) is 30.3 Å². The van der Waals surface area contributed by atoms with E-state index in [2.05, 4.69) is 10.3 Å². The third-order valence-electron chi connectivity index (χ3n) is 3.98. The third kappa shape index (κ3) is 4.13. The van der Waals surface area contributed by atoms with E-state index in [0.29, 0.717) is 10.9 Å². The van der Waals surface area contributed by atoms with E-state index < -0.39 is 18.1 Å². The molecule has 0 unspecified atom stereocenters. The van der Waals surface area contributed by atoms with Crippen LogP contribution in [0.25, 0.3) is 10.9 Å². The van der Waals surface area contributed by atoms with Gasteiger partial charge in [-0.3, -0.25) is 0 Å². The number of H-pyrrole nitrogens is 1. The molecule has 1 amide bonds. The van der Waals surface area contributed by atoms with Crippen molar-refractivity contribution in [2.45, 2.75) is 19.1 Å². The highest BCUT2D eigenvalue weighted by Crippen LogP contribution is 2.24. The number of alkyl carbamates (subject to hydrolysis) is 1. The monoisotopic (exact) mass is 354 g/mol. The van der Waals surface area contributed by atoms with Crippen LogP contribution in [0.15, 0.2) is 54.7 Å². The van der Waals surface area contributed by atoms with Crippen molar-refractivity contribution in [3.05, 3.63) is 65.9 Å². The molecule has 0 spiro atoms. The summed E-state index contributed by atoms with van der Waals surface area (Å²) in [5, 5.41) is 22.1. The number of carboxylic acids is 1. The molecule has 2 aromatic carbocycles. The van der Waals surface area contributed by atoms with Crippen molar-refractivity contribution in [2.24, 2.45) is 0 Å². The first-order chi connectivity index (χ1) is 12.5. The van der Waals surface area contributed by atoms with Crippen LogP contribution in [0.2, 0.25) is 0 Å². The third-order valence-corrected chi connectivity index (χ3v) is 3.98. The molecule has 134 valence electrons. The van der Waals surface area contributed by atoms with Gasteiger partial charge in [0.05, 0.1) is 0 Å². The zero-order valence-electron chi connectivity index (χ0n) is 13.8. The zero-order valence-corrected chi connectivity index (χ0v) is 13.8. The van der Waals surface area contributed by atoms with Gasteiger partial charge in [0.2, 0.25) is 0 Å². The number of carboxylic acid groups (broad SMARTS) is 1. The lowest BCUT2D eigenvalue weighted by molar-refractivity contribution is -0.139. The Balaban J connectivity index is 1.66. The number of amides is 1. The van der Waals surface area contributed by atoms with Crippen LogP contribution in [-0.2, 0) is 22.6 Å². The largest absolute Gasteiger partial charge is 0.508 e. The number of phenols is 1. The summed E-state index contributed by atoms with van der Waals surface area (Å²) in [6.07, 6.45) is 0.917. The van der Waals surface area contributed by atoms with Crippen LogP contribution in [0.4, 0.5) is 4.79 Å². The molecule has 1 aromatic heterocycles. The van der Waals surface area contributed by atoms with Crippen molar-refractivity contribution in [3.8, 4) is 5.75 Å². The number of fused-ring (bicyclic) bond motifs is 1. The van der Waals surface area contributed by atoms with Crippen LogP contribution < -0.4 is 5.32 Å². The summed E-state index contributed by atoms with van der Waals surface area (Å²) in [6, 6.07) is 12.7. The van der Waals surface area contributed by atoms with Gasteiger partial charge in [-0.05, 0) is 29.3 Å². The molecule has 4 N–H and O–H groups in total. The maximum absolute atomic E-state index is 11.9. The smallest absolute Gasteiger partial charge is 0.408 e. The van der Waals surface area contributed by atoms with Crippen LogP contribution in [0.5, 0.6) is 5.75 Å². The highest BCUT2D eigenvalue weighted by atomic mass is 16.5. The summed E-state index contributed by atoms with van der Waals surface area (Å²) in [7, 11) is 0. The van der Waals surface area contributed by atoms with E-state index in [0.717, 1.165) is 11.1 Å². The minimum absolute atomic E-state index is 0.0548. The molecule has 3 rings (SSSR count). The molecule has 7 nitrogen and oxygen atoms in total. The number of benzene rings is 2. The van der Waals surface area contributed by atoms with Crippen molar-refractivity contribution in [1.82, 2.24) is 10.3 Å². The Morgan fingerprint density at radius 1 is 1.15 bits per heavy atom. The van der Waals surface area contributed by atoms with E-state index >= 15 is 0 Å².